The van der Waals surface area contributed by atoms with E-state index in [1.54, 1.807) is 0 Å². The lowest BCUT2D eigenvalue weighted by Gasteiger charge is -2.42. The van der Waals surface area contributed by atoms with Crippen LogP contribution in [-0.4, -0.2) is 21.7 Å². The molecular weight excluding hydrogens is 338 g/mol. The molecule has 140 valence electrons. The highest BCUT2D eigenvalue weighted by Crippen LogP contribution is 2.45. The maximum atomic E-state index is 11.6. The van der Waals surface area contributed by atoms with E-state index in [9.17, 15) is 9.90 Å². The monoisotopic (exact) mass is 363 g/mol. The van der Waals surface area contributed by atoms with Crippen molar-refractivity contribution in [1.82, 2.24) is 4.98 Å². The van der Waals surface area contributed by atoms with Gasteiger partial charge in [0, 0.05) is 5.56 Å². The van der Waals surface area contributed by atoms with Crippen LogP contribution < -0.4 is 4.74 Å². The van der Waals surface area contributed by atoms with Gasteiger partial charge in [-0.2, -0.15) is 0 Å². The minimum atomic E-state index is -1.05. The summed E-state index contributed by atoms with van der Waals surface area (Å²) in [6.45, 7) is 10.5. The standard InChI is InChI=1S/C23H25NO3/c1-7-14-11-18(24-17(8-2)20(14)21(25)26)15-9-10-16-19(12-15)27-23(5,6)13-22(16,3)4/h2,9-12H,7,13H2,1,3-6H3,(H,25,26). The van der Waals surface area contributed by atoms with E-state index in [2.05, 4.69) is 44.7 Å². The average molecular weight is 363 g/mol. The van der Waals surface area contributed by atoms with E-state index < -0.39 is 5.97 Å². The molecule has 0 radical (unpaired) electrons. The predicted molar refractivity (Wildman–Crippen MR) is 106 cm³/mol. The third-order valence-corrected chi connectivity index (χ3v) is 5.09. The lowest BCUT2D eigenvalue weighted by atomic mass is 9.73. The predicted octanol–water partition coefficient (Wildman–Crippen LogP) is 4.83. The number of terminal acetylenes is 1. The summed E-state index contributed by atoms with van der Waals surface area (Å²) in [4.78, 5) is 16.0. The van der Waals surface area contributed by atoms with Gasteiger partial charge >= 0.3 is 5.97 Å². The van der Waals surface area contributed by atoms with Crippen LogP contribution in [0.4, 0.5) is 0 Å². The quantitative estimate of drug-likeness (QED) is 0.794. The number of fused-ring (bicyclic) bond motifs is 1. The number of nitrogens with zero attached hydrogens (tertiary/aromatic N) is 1. The van der Waals surface area contributed by atoms with Gasteiger partial charge in [0.1, 0.15) is 17.0 Å². The lowest BCUT2D eigenvalue weighted by Crippen LogP contribution is -2.41. The molecule has 0 bridgehead atoms. The summed E-state index contributed by atoms with van der Waals surface area (Å²) in [5.41, 5.74) is 3.41. The first kappa shape index (κ1) is 19.0. The van der Waals surface area contributed by atoms with Gasteiger partial charge in [-0.3, -0.25) is 0 Å². The zero-order chi connectivity index (χ0) is 20.0. The maximum Gasteiger partial charge on any atom is 0.338 e. The number of carboxylic acids is 1. The zero-order valence-electron chi connectivity index (χ0n) is 16.5. The Morgan fingerprint density at radius 1 is 1.30 bits per heavy atom. The number of hydrogen-bond donors (Lipinski definition) is 1. The molecule has 0 fully saturated rings. The number of rotatable bonds is 3. The Hall–Kier alpha value is -2.80. The van der Waals surface area contributed by atoms with Crippen molar-refractivity contribution in [3.8, 4) is 29.4 Å². The van der Waals surface area contributed by atoms with Crippen molar-refractivity contribution in [1.29, 1.82) is 0 Å². The number of carbonyl (C=O) groups is 1. The first-order valence-corrected chi connectivity index (χ1v) is 9.16. The Morgan fingerprint density at radius 3 is 2.59 bits per heavy atom. The number of aromatic carboxylic acids is 1. The van der Waals surface area contributed by atoms with Crippen molar-refractivity contribution in [2.24, 2.45) is 0 Å². The highest BCUT2D eigenvalue weighted by molar-refractivity contribution is 5.92. The molecule has 1 N–H and O–H groups in total. The van der Waals surface area contributed by atoms with E-state index in [1.807, 2.05) is 25.1 Å². The van der Waals surface area contributed by atoms with E-state index in [0.29, 0.717) is 17.7 Å². The normalized spacial score (nSPS) is 16.7. The van der Waals surface area contributed by atoms with Crippen molar-refractivity contribution < 1.29 is 14.6 Å². The SMILES string of the molecule is C#Cc1nc(-c2ccc3c(c2)OC(C)(C)CC3(C)C)cc(CC)c1C(=O)O. The molecule has 27 heavy (non-hydrogen) atoms. The fraction of sp³-hybridized carbons (Fsp3) is 0.391. The second-order valence-electron chi connectivity index (χ2n) is 8.33. The molecule has 0 saturated carbocycles. The van der Waals surface area contributed by atoms with Gasteiger partial charge in [0.25, 0.3) is 0 Å². The highest BCUT2D eigenvalue weighted by atomic mass is 16.5. The third kappa shape index (κ3) is 3.42. The number of aromatic nitrogens is 1. The van der Waals surface area contributed by atoms with Gasteiger partial charge in [0.2, 0.25) is 0 Å². The van der Waals surface area contributed by atoms with Crippen molar-refractivity contribution in [3.05, 3.63) is 46.6 Å². The molecule has 4 heteroatoms. The molecule has 0 saturated heterocycles. The van der Waals surface area contributed by atoms with Crippen LogP contribution in [-0.2, 0) is 11.8 Å². The first-order valence-electron chi connectivity index (χ1n) is 9.16. The summed E-state index contributed by atoms with van der Waals surface area (Å²) < 4.78 is 6.23. The van der Waals surface area contributed by atoms with E-state index in [-0.39, 0.29) is 22.3 Å². The second kappa shape index (κ2) is 6.42. The molecule has 3 rings (SSSR count). The van der Waals surface area contributed by atoms with E-state index in [0.717, 1.165) is 17.7 Å². The molecule has 0 spiro atoms. The van der Waals surface area contributed by atoms with Crippen LogP contribution in [0.3, 0.4) is 0 Å². The van der Waals surface area contributed by atoms with Crippen LogP contribution in [0.15, 0.2) is 24.3 Å². The van der Waals surface area contributed by atoms with E-state index in [1.165, 1.54) is 5.56 Å². The van der Waals surface area contributed by atoms with E-state index in [4.69, 9.17) is 11.2 Å². The molecular formula is C23H25NO3. The first-order chi connectivity index (χ1) is 12.6. The molecule has 1 aromatic heterocycles. The molecule has 2 aromatic rings. The van der Waals surface area contributed by atoms with Gasteiger partial charge in [-0.25, -0.2) is 9.78 Å². The summed E-state index contributed by atoms with van der Waals surface area (Å²) >= 11 is 0. The molecule has 4 nitrogen and oxygen atoms in total. The van der Waals surface area contributed by atoms with Crippen molar-refractivity contribution in [2.45, 2.75) is 58.5 Å². The summed E-state index contributed by atoms with van der Waals surface area (Å²) in [5, 5.41) is 9.49. The molecule has 1 aliphatic rings. The summed E-state index contributed by atoms with van der Waals surface area (Å²) in [7, 11) is 0. The van der Waals surface area contributed by atoms with Crippen molar-refractivity contribution in [3.63, 3.8) is 0 Å². The topological polar surface area (TPSA) is 59.4 Å². The van der Waals surface area contributed by atoms with Crippen LogP contribution in [0.5, 0.6) is 5.75 Å². The fourth-order valence-electron chi connectivity index (χ4n) is 4.19. The molecule has 0 unspecified atom stereocenters. The van der Waals surface area contributed by atoms with Gasteiger partial charge in [0.05, 0.1) is 11.3 Å². The molecule has 1 aromatic carbocycles. The Bertz CT molecular complexity index is 964. The third-order valence-electron chi connectivity index (χ3n) is 5.09. The Kier molecular flexibility index (Phi) is 4.51. The summed E-state index contributed by atoms with van der Waals surface area (Å²) in [5.74, 6) is 2.23. The molecule has 0 aliphatic carbocycles. The molecule has 0 amide bonds. The summed E-state index contributed by atoms with van der Waals surface area (Å²) in [6.07, 6.45) is 7.03. The van der Waals surface area contributed by atoms with E-state index >= 15 is 0 Å². The average Bonchev–Trinajstić information content (AvgIpc) is 2.57. The number of carboxylic acid groups (broad SMARTS) is 1. The Labute approximate surface area is 160 Å². The molecule has 2 heterocycles. The van der Waals surface area contributed by atoms with Gasteiger partial charge in [0.15, 0.2) is 0 Å². The van der Waals surface area contributed by atoms with Crippen molar-refractivity contribution >= 4 is 5.97 Å². The van der Waals surface area contributed by atoms with Gasteiger partial charge < -0.3 is 9.84 Å². The number of pyridine rings is 1. The van der Waals surface area contributed by atoms with Gasteiger partial charge in [-0.1, -0.05) is 32.9 Å². The van der Waals surface area contributed by atoms with Crippen molar-refractivity contribution in [2.75, 3.05) is 0 Å². The van der Waals surface area contributed by atoms with Crippen LogP contribution in [0.2, 0.25) is 0 Å². The number of benzene rings is 1. The lowest BCUT2D eigenvalue weighted by molar-refractivity contribution is 0.0534. The van der Waals surface area contributed by atoms with Crippen LogP contribution in [0, 0.1) is 12.3 Å². The number of ether oxygens (including phenoxy) is 1. The van der Waals surface area contributed by atoms with Crippen LogP contribution in [0.25, 0.3) is 11.3 Å². The zero-order valence-corrected chi connectivity index (χ0v) is 16.5. The Balaban J connectivity index is 2.17. The maximum absolute atomic E-state index is 11.6. The largest absolute Gasteiger partial charge is 0.488 e. The number of aryl methyl sites for hydroxylation is 1. The van der Waals surface area contributed by atoms with Gasteiger partial charge in [-0.05, 0) is 61.3 Å². The van der Waals surface area contributed by atoms with Crippen LogP contribution in [0.1, 0.15) is 68.2 Å². The summed E-state index contributed by atoms with van der Waals surface area (Å²) in [6, 6.07) is 7.88. The van der Waals surface area contributed by atoms with Crippen LogP contribution >= 0.6 is 0 Å². The smallest absolute Gasteiger partial charge is 0.338 e. The second-order valence-corrected chi connectivity index (χ2v) is 8.33. The van der Waals surface area contributed by atoms with Gasteiger partial charge in [-0.15, -0.1) is 6.42 Å². The Morgan fingerprint density at radius 2 is 2.00 bits per heavy atom. The highest BCUT2D eigenvalue weighted by Gasteiger charge is 2.39. The minimum Gasteiger partial charge on any atom is -0.488 e. The molecule has 0 atom stereocenters. The molecule has 1 aliphatic heterocycles. The number of hydrogen-bond acceptors (Lipinski definition) is 3. The minimum absolute atomic E-state index is 0.00869. The fourth-order valence-corrected chi connectivity index (χ4v) is 4.19.